The molecule has 1 atom stereocenters. The van der Waals surface area contributed by atoms with Crippen molar-refractivity contribution in [3.63, 3.8) is 0 Å². The van der Waals surface area contributed by atoms with Gasteiger partial charge in [0.05, 0.1) is 5.56 Å². The number of aromatic nitrogens is 4. The highest BCUT2D eigenvalue weighted by Gasteiger charge is 2.36. The fourth-order valence-electron chi connectivity index (χ4n) is 4.75. The molecule has 2 aliphatic rings. The molecule has 2 aromatic heterocycles. The summed E-state index contributed by atoms with van der Waals surface area (Å²) in [4.78, 5) is 17.5. The van der Waals surface area contributed by atoms with Crippen molar-refractivity contribution in [2.24, 2.45) is 11.8 Å². The molecule has 4 aromatic rings. The third kappa shape index (κ3) is 3.47. The van der Waals surface area contributed by atoms with Gasteiger partial charge in [-0.05, 0) is 66.0 Å². The lowest BCUT2D eigenvalue weighted by Gasteiger charge is -2.17. The van der Waals surface area contributed by atoms with E-state index in [0.29, 0.717) is 29.8 Å². The minimum atomic E-state index is -0.319. The maximum absolute atomic E-state index is 15.2. The molecule has 1 aliphatic carbocycles. The van der Waals surface area contributed by atoms with Gasteiger partial charge in [0.2, 0.25) is 5.91 Å². The molecular weight excluding hydrogens is 405 g/mol. The van der Waals surface area contributed by atoms with E-state index in [0.717, 1.165) is 54.4 Å². The lowest BCUT2D eigenvalue weighted by atomic mass is 10.0. The van der Waals surface area contributed by atoms with Crippen molar-refractivity contribution in [1.82, 2.24) is 24.6 Å². The second kappa shape index (κ2) is 7.58. The number of benzene rings is 2. The molecule has 3 heterocycles. The average molecular weight is 429 g/mol. The molecule has 0 spiro atoms. The molecule has 0 bridgehead atoms. The number of rotatable bonds is 5. The van der Waals surface area contributed by atoms with Crippen molar-refractivity contribution in [2.75, 3.05) is 13.1 Å². The fourth-order valence-corrected chi connectivity index (χ4v) is 4.75. The van der Waals surface area contributed by atoms with Crippen molar-refractivity contribution in [1.29, 1.82) is 0 Å². The lowest BCUT2D eigenvalue weighted by Crippen LogP contribution is -2.30. The number of likely N-dealkylation sites (tertiary alicyclic amines) is 1. The van der Waals surface area contributed by atoms with E-state index in [1.54, 1.807) is 18.5 Å². The van der Waals surface area contributed by atoms with Crippen LogP contribution in [0.5, 0.6) is 0 Å². The highest BCUT2D eigenvalue weighted by Crippen LogP contribution is 2.34. The number of carbonyl (C=O) groups excluding carboxylic acids is 1. The van der Waals surface area contributed by atoms with Crippen LogP contribution in [-0.2, 0) is 11.3 Å². The first-order chi connectivity index (χ1) is 15.7. The number of carbonyl (C=O) groups is 1. The van der Waals surface area contributed by atoms with Gasteiger partial charge in [-0.2, -0.15) is 0 Å². The Hall–Kier alpha value is -3.48. The molecule has 32 heavy (non-hydrogen) atoms. The predicted molar refractivity (Wildman–Crippen MR) is 120 cm³/mol. The number of fused-ring (bicyclic) bond motifs is 1. The number of H-pyrrole nitrogens is 1. The predicted octanol–water partition coefficient (Wildman–Crippen LogP) is 4.49. The maximum Gasteiger partial charge on any atom is 0.225 e. The molecule has 1 amide bonds. The quantitative estimate of drug-likeness (QED) is 0.508. The number of nitrogens with one attached hydrogen (secondary N) is 1. The van der Waals surface area contributed by atoms with Gasteiger partial charge in [0.1, 0.15) is 12.1 Å². The largest absolute Gasteiger partial charge is 0.361 e. The van der Waals surface area contributed by atoms with E-state index in [1.807, 2.05) is 46.0 Å². The molecule has 2 aromatic carbocycles. The van der Waals surface area contributed by atoms with Crippen molar-refractivity contribution in [3.05, 3.63) is 60.8 Å². The summed E-state index contributed by atoms with van der Waals surface area (Å²) in [6.07, 6.45) is 6.58. The zero-order valence-electron chi connectivity index (χ0n) is 17.7. The first kappa shape index (κ1) is 19.2. The van der Waals surface area contributed by atoms with Crippen LogP contribution in [0.4, 0.5) is 4.39 Å². The van der Waals surface area contributed by atoms with Crippen LogP contribution < -0.4 is 0 Å². The summed E-state index contributed by atoms with van der Waals surface area (Å²) in [5.41, 5.74) is 3.24. The van der Waals surface area contributed by atoms with Crippen LogP contribution in [0.3, 0.4) is 0 Å². The molecule has 0 unspecified atom stereocenters. The number of hydrogen-bond acceptors (Lipinski definition) is 3. The summed E-state index contributed by atoms with van der Waals surface area (Å²) in [6.45, 7) is 2.25. The van der Waals surface area contributed by atoms with Crippen LogP contribution in [-0.4, -0.2) is 43.6 Å². The maximum atomic E-state index is 15.2. The van der Waals surface area contributed by atoms with Crippen molar-refractivity contribution in [3.8, 4) is 22.5 Å². The molecule has 1 aliphatic heterocycles. The van der Waals surface area contributed by atoms with Gasteiger partial charge in [-0.25, -0.2) is 4.39 Å². The van der Waals surface area contributed by atoms with Crippen LogP contribution in [0.25, 0.3) is 33.4 Å². The van der Waals surface area contributed by atoms with Gasteiger partial charge >= 0.3 is 0 Å². The minimum absolute atomic E-state index is 0.254. The monoisotopic (exact) mass is 429 g/mol. The second-order valence-electron chi connectivity index (χ2n) is 8.99. The molecule has 6 nitrogen and oxygen atoms in total. The zero-order valence-corrected chi connectivity index (χ0v) is 17.7. The molecule has 162 valence electrons. The van der Waals surface area contributed by atoms with E-state index in [4.69, 9.17) is 0 Å². The zero-order chi connectivity index (χ0) is 21.7. The van der Waals surface area contributed by atoms with E-state index < -0.39 is 0 Å². The first-order valence-corrected chi connectivity index (χ1v) is 11.2. The van der Waals surface area contributed by atoms with Crippen LogP contribution in [0.15, 0.2) is 55.0 Å². The highest BCUT2D eigenvalue weighted by molar-refractivity contribution is 5.85. The summed E-state index contributed by atoms with van der Waals surface area (Å²) in [7, 11) is 0. The molecule has 0 radical (unpaired) electrons. The first-order valence-electron chi connectivity index (χ1n) is 11.2. The summed E-state index contributed by atoms with van der Waals surface area (Å²) in [5.74, 6) is 1.10. The Kier molecular flexibility index (Phi) is 4.56. The van der Waals surface area contributed by atoms with Crippen LogP contribution in [0.1, 0.15) is 19.3 Å². The number of halogens is 1. The smallest absolute Gasteiger partial charge is 0.225 e. The van der Waals surface area contributed by atoms with Crippen molar-refractivity contribution >= 4 is 16.8 Å². The minimum Gasteiger partial charge on any atom is -0.361 e. The van der Waals surface area contributed by atoms with Gasteiger partial charge in [-0.1, -0.05) is 18.2 Å². The van der Waals surface area contributed by atoms with Crippen molar-refractivity contribution < 1.29 is 9.18 Å². The topological polar surface area (TPSA) is 66.8 Å². The van der Waals surface area contributed by atoms with E-state index in [1.165, 1.54) is 0 Å². The summed E-state index contributed by atoms with van der Waals surface area (Å²) >= 11 is 0. The molecule has 1 saturated heterocycles. The van der Waals surface area contributed by atoms with Gasteiger partial charge in [0.25, 0.3) is 0 Å². The molecule has 2 fully saturated rings. The summed E-state index contributed by atoms with van der Waals surface area (Å²) < 4.78 is 17.1. The number of amides is 1. The Balaban J connectivity index is 1.22. The van der Waals surface area contributed by atoms with E-state index in [2.05, 4.69) is 15.2 Å². The van der Waals surface area contributed by atoms with Crippen LogP contribution in [0.2, 0.25) is 0 Å². The Morgan fingerprint density at radius 3 is 2.78 bits per heavy atom. The molecule has 7 heteroatoms. The summed E-state index contributed by atoms with van der Waals surface area (Å²) in [5, 5.41) is 9.38. The van der Waals surface area contributed by atoms with E-state index in [9.17, 15) is 4.79 Å². The SMILES string of the molecule is O=C(C1CC1)N1CC[C@H](Cn2cnnc2-c2ccc(-c3ccc4cc[nH]c4c3)cc2F)C1. The average Bonchev–Trinajstić information content (AvgIpc) is 3.17. The number of aromatic amines is 1. The van der Waals surface area contributed by atoms with Gasteiger partial charge < -0.3 is 14.5 Å². The molecule has 1 saturated carbocycles. The van der Waals surface area contributed by atoms with Gasteiger partial charge in [-0.15, -0.1) is 10.2 Å². The Morgan fingerprint density at radius 1 is 1.09 bits per heavy atom. The standard InChI is InChI=1S/C25H24FN5O/c26-22-11-19(20-4-1-17-7-9-27-23(17)12-20)5-6-21(22)24-29-28-15-31(24)14-16-8-10-30(13-16)25(32)18-2-3-18/h1,4-7,9,11-12,15-16,18,27H,2-3,8,10,13-14H2/t16-/m0/s1. The Labute approximate surface area is 185 Å². The Bertz CT molecular complexity index is 1300. The van der Waals surface area contributed by atoms with Gasteiger partial charge in [0.15, 0.2) is 5.82 Å². The third-order valence-electron chi connectivity index (χ3n) is 6.69. The van der Waals surface area contributed by atoms with E-state index >= 15 is 4.39 Å². The van der Waals surface area contributed by atoms with Crippen molar-refractivity contribution in [2.45, 2.75) is 25.8 Å². The normalized spacial score (nSPS) is 18.5. The van der Waals surface area contributed by atoms with Crippen LogP contribution in [0, 0.1) is 17.7 Å². The highest BCUT2D eigenvalue weighted by atomic mass is 19.1. The van der Waals surface area contributed by atoms with Gasteiger partial charge in [0, 0.05) is 37.3 Å². The Morgan fingerprint density at radius 2 is 1.94 bits per heavy atom. The van der Waals surface area contributed by atoms with E-state index in [-0.39, 0.29) is 11.7 Å². The summed E-state index contributed by atoms with van der Waals surface area (Å²) in [6, 6.07) is 13.3. The van der Waals surface area contributed by atoms with Crippen LogP contribution >= 0.6 is 0 Å². The van der Waals surface area contributed by atoms with Gasteiger partial charge in [-0.3, -0.25) is 4.79 Å². The molecule has 1 N–H and O–H groups in total. The lowest BCUT2D eigenvalue weighted by molar-refractivity contribution is -0.131. The number of nitrogens with zero attached hydrogens (tertiary/aromatic N) is 4. The molecular formula is C25H24FN5O. The molecule has 6 rings (SSSR count). The second-order valence-corrected chi connectivity index (χ2v) is 8.99. The fraction of sp³-hybridized carbons (Fsp3) is 0.320. The third-order valence-corrected chi connectivity index (χ3v) is 6.69. The number of hydrogen-bond donors (Lipinski definition) is 1.